The molecule has 1 aromatic heterocycles. The number of rotatable bonds is 6. The molecule has 11 heteroatoms. The number of likely N-dealkylation sites (tertiary alicyclic amines) is 1. The van der Waals surface area contributed by atoms with Gasteiger partial charge in [-0.1, -0.05) is 0 Å². The van der Waals surface area contributed by atoms with Crippen molar-refractivity contribution in [3.8, 4) is 5.69 Å². The molecule has 2 heterocycles. The second-order valence-corrected chi connectivity index (χ2v) is 6.90. The highest BCUT2D eigenvalue weighted by Gasteiger charge is 2.32. The van der Waals surface area contributed by atoms with E-state index in [4.69, 9.17) is 0 Å². The summed E-state index contributed by atoms with van der Waals surface area (Å²) in [5.41, 5.74) is 0.573. The molecular formula is C17H20ClFN6O3. The maximum atomic E-state index is 14.2. The van der Waals surface area contributed by atoms with E-state index in [1.165, 1.54) is 12.1 Å². The van der Waals surface area contributed by atoms with Crippen molar-refractivity contribution in [1.29, 1.82) is 0 Å². The maximum absolute atomic E-state index is 14.2. The van der Waals surface area contributed by atoms with Crippen LogP contribution in [0.5, 0.6) is 0 Å². The fourth-order valence-electron chi connectivity index (χ4n) is 3.38. The highest BCUT2D eigenvalue weighted by atomic mass is 35.5. The molecule has 150 valence electrons. The van der Waals surface area contributed by atoms with E-state index in [9.17, 15) is 19.1 Å². The third kappa shape index (κ3) is 4.12. The highest BCUT2D eigenvalue weighted by Crippen LogP contribution is 2.39. The van der Waals surface area contributed by atoms with Gasteiger partial charge in [-0.3, -0.25) is 14.5 Å². The first-order valence-corrected chi connectivity index (χ1v) is 8.88. The molecule has 1 saturated heterocycles. The molecule has 2 N–H and O–H groups in total. The molecule has 0 unspecified atom stereocenters. The van der Waals surface area contributed by atoms with Crippen molar-refractivity contribution in [2.75, 3.05) is 18.4 Å². The van der Waals surface area contributed by atoms with Crippen LogP contribution in [0.1, 0.15) is 37.4 Å². The number of carboxylic acid groups (broad SMARTS) is 1. The van der Waals surface area contributed by atoms with E-state index < -0.39 is 23.7 Å². The minimum Gasteiger partial charge on any atom is -0.480 e. The van der Waals surface area contributed by atoms with E-state index in [-0.39, 0.29) is 24.6 Å². The number of hydrogen-bond acceptors (Lipinski definition) is 6. The van der Waals surface area contributed by atoms with Crippen molar-refractivity contribution >= 4 is 30.0 Å². The van der Waals surface area contributed by atoms with E-state index in [0.717, 1.165) is 25.1 Å². The van der Waals surface area contributed by atoms with Crippen LogP contribution in [0.15, 0.2) is 18.2 Å². The molecule has 0 bridgehead atoms. The number of carboxylic acids is 1. The Balaban J connectivity index is 0.00000225. The van der Waals surface area contributed by atoms with Crippen LogP contribution in [0.25, 0.3) is 5.69 Å². The zero-order chi connectivity index (χ0) is 19.0. The lowest BCUT2D eigenvalue weighted by Crippen LogP contribution is -2.41. The van der Waals surface area contributed by atoms with Gasteiger partial charge in [0.05, 0.1) is 17.9 Å². The van der Waals surface area contributed by atoms with Gasteiger partial charge in [0.1, 0.15) is 11.9 Å². The molecule has 2 aromatic rings. The Kier molecular flexibility index (Phi) is 5.90. The number of nitrogens with one attached hydrogen (secondary N) is 1. The van der Waals surface area contributed by atoms with Crippen LogP contribution in [0.4, 0.5) is 10.1 Å². The molecular weight excluding hydrogens is 391 g/mol. The maximum Gasteiger partial charge on any atom is 0.320 e. The Labute approximate surface area is 166 Å². The van der Waals surface area contributed by atoms with Gasteiger partial charge in [0.2, 0.25) is 5.91 Å². The normalized spacial score (nSPS) is 19.2. The van der Waals surface area contributed by atoms with E-state index in [1.54, 1.807) is 15.6 Å². The quantitative estimate of drug-likeness (QED) is 0.743. The van der Waals surface area contributed by atoms with Gasteiger partial charge in [0, 0.05) is 5.92 Å². The van der Waals surface area contributed by atoms with Gasteiger partial charge in [0.25, 0.3) is 0 Å². The van der Waals surface area contributed by atoms with Crippen LogP contribution in [-0.4, -0.2) is 61.2 Å². The van der Waals surface area contributed by atoms with Crippen LogP contribution in [0.3, 0.4) is 0 Å². The van der Waals surface area contributed by atoms with Crippen molar-refractivity contribution < 1.29 is 19.1 Å². The van der Waals surface area contributed by atoms with Crippen LogP contribution < -0.4 is 5.32 Å². The minimum absolute atomic E-state index is 0. The molecule has 1 aromatic carbocycles. The number of aromatic nitrogens is 4. The standard InChI is InChI=1S/C17H19FN6O3.ClH/c18-12-6-5-11(24-16(10-3-4-10)20-21-22-24)8-13(12)19-15(25)9-23-7-1-2-14(23)17(26)27;/h5-6,8,10,14H,1-4,7,9H2,(H,19,25)(H,26,27);1H/t14-;/m0./s1. The van der Waals surface area contributed by atoms with Crippen LogP contribution in [0.2, 0.25) is 0 Å². The summed E-state index contributed by atoms with van der Waals surface area (Å²) in [4.78, 5) is 25.1. The zero-order valence-corrected chi connectivity index (χ0v) is 15.7. The van der Waals surface area contributed by atoms with Gasteiger partial charge in [-0.05, 0) is 60.9 Å². The number of carbonyl (C=O) groups excluding carboxylic acids is 1. The van der Waals surface area contributed by atoms with Crippen molar-refractivity contribution in [3.63, 3.8) is 0 Å². The first-order valence-electron chi connectivity index (χ1n) is 8.88. The molecule has 1 saturated carbocycles. The summed E-state index contributed by atoms with van der Waals surface area (Å²) >= 11 is 0. The number of tetrazole rings is 1. The van der Waals surface area contributed by atoms with Gasteiger partial charge in [-0.25, -0.2) is 4.39 Å². The summed E-state index contributed by atoms with van der Waals surface area (Å²) in [5, 5.41) is 23.4. The molecule has 0 spiro atoms. The number of amides is 1. The lowest BCUT2D eigenvalue weighted by Gasteiger charge is -2.20. The Bertz CT molecular complexity index is 888. The van der Waals surface area contributed by atoms with Gasteiger partial charge < -0.3 is 10.4 Å². The van der Waals surface area contributed by atoms with Gasteiger partial charge in [-0.15, -0.1) is 17.5 Å². The highest BCUT2D eigenvalue weighted by molar-refractivity contribution is 5.93. The molecule has 1 aliphatic heterocycles. The Morgan fingerprint density at radius 2 is 2.07 bits per heavy atom. The summed E-state index contributed by atoms with van der Waals surface area (Å²) in [7, 11) is 0. The average molecular weight is 411 g/mol. The number of carbonyl (C=O) groups is 2. The average Bonchev–Trinajstić information content (AvgIpc) is 3.16. The van der Waals surface area contributed by atoms with E-state index in [0.29, 0.717) is 24.6 Å². The summed E-state index contributed by atoms with van der Waals surface area (Å²) in [5.74, 6) is -0.950. The SMILES string of the molecule is Cl.O=C(CN1CCC[C@H]1C(=O)O)Nc1cc(-n2nnnc2C2CC2)ccc1F. The number of benzene rings is 1. The number of halogens is 2. The summed E-state index contributed by atoms with van der Waals surface area (Å²) in [6.45, 7) is 0.432. The second kappa shape index (κ2) is 8.19. The molecule has 0 radical (unpaired) electrons. The molecule has 28 heavy (non-hydrogen) atoms. The van der Waals surface area contributed by atoms with Crippen molar-refractivity contribution in [1.82, 2.24) is 25.1 Å². The van der Waals surface area contributed by atoms with Crippen LogP contribution in [0, 0.1) is 5.82 Å². The summed E-state index contributed by atoms with van der Waals surface area (Å²) in [6.07, 6.45) is 3.27. The predicted octanol–water partition coefficient (Wildman–Crippen LogP) is 1.59. The first-order chi connectivity index (χ1) is 13.0. The Morgan fingerprint density at radius 3 is 2.79 bits per heavy atom. The molecule has 2 fully saturated rings. The van der Waals surface area contributed by atoms with E-state index >= 15 is 0 Å². The van der Waals surface area contributed by atoms with Gasteiger partial charge in [-0.2, -0.15) is 4.68 Å². The Hall–Kier alpha value is -2.59. The largest absolute Gasteiger partial charge is 0.480 e. The lowest BCUT2D eigenvalue weighted by atomic mass is 10.2. The van der Waals surface area contributed by atoms with E-state index in [2.05, 4.69) is 20.8 Å². The molecule has 1 aliphatic carbocycles. The second-order valence-electron chi connectivity index (χ2n) is 6.90. The third-order valence-electron chi connectivity index (χ3n) is 4.90. The third-order valence-corrected chi connectivity index (χ3v) is 4.90. The predicted molar refractivity (Wildman–Crippen MR) is 99.2 cm³/mol. The molecule has 1 amide bonds. The number of hydrogen-bond donors (Lipinski definition) is 2. The van der Waals surface area contributed by atoms with Crippen molar-refractivity contribution in [3.05, 3.63) is 29.8 Å². The fraction of sp³-hybridized carbons (Fsp3) is 0.471. The van der Waals surface area contributed by atoms with Gasteiger partial charge in [0.15, 0.2) is 5.82 Å². The summed E-state index contributed by atoms with van der Waals surface area (Å²) in [6, 6.07) is 3.61. The molecule has 4 rings (SSSR count). The first kappa shape index (κ1) is 20.2. The fourth-order valence-corrected chi connectivity index (χ4v) is 3.38. The topological polar surface area (TPSA) is 113 Å². The number of aliphatic carboxylic acids is 1. The molecule has 2 aliphatic rings. The van der Waals surface area contributed by atoms with Crippen LogP contribution >= 0.6 is 12.4 Å². The van der Waals surface area contributed by atoms with Crippen LogP contribution in [-0.2, 0) is 9.59 Å². The molecule has 1 atom stereocenters. The van der Waals surface area contributed by atoms with Crippen molar-refractivity contribution in [2.24, 2.45) is 0 Å². The number of anilines is 1. The zero-order valence-electron chi connectivity index (χ0n) is 14.9. The molecule has 9 nitrogen and oxygen atoms in total. The summed E-state index contributed by atoms with van der Waals surface area (Å²) < 4.78 is 15.7. The van der Waals surface area contributed by atoms with Gasteiger partial charge >= 0.3 is 5.97 Å². The lowest BCUT2D eigenvalue weighted by molar-refractivity contribution is -0.142. The van der Waals surface area contributed by atoms with Crippen molar-refractivity contribution in [2.45, 2.75) is 37.6 Å². The monoisotopic (exact) mass is 410 g/mol. The number of nitrogens with zero attached hydrogens (tertiary/aromatic N) is 5. The minimum atomic E-state index is -0.945. The smallest absolute Gasteiger partial charge is 0.320 e. The Morgan fingerprint density at radius 1 is 1.29 bits per heavy atom. The van der Waals surface area contributed by atoms with E-state index in [1.807, 2.05) is 0 Å².